The first-order chi connectivity index (χ1) is 14.8. The Kier molecular flexibility index (Phi) is 6.27. The summed E-state index contributed by atoms with van der Waals surface area (Å²) >= 11 is 1.46. The number of fused-ring (bicyclic) bond motifs is 1. The van der Waals surface area contributed by atoms with Crippen LogP contribution in [0.2, 0.25) is 0 Å². The minimum absolute atomic E-state index is 0.131. The molecule has 1 saturated heterocycles. The van der Waals surface area contributed by atoms with Crippen LogP contribution in [-0.2, 0) is 10.0 Å². The van der Waals surface area contributed by atoms with E-state index in [9.17, 15) is 13.2 Å². The second kappa shape index (κ2) is 8.94. The average Bonchev–Trinajstić information content (AvgIpc) is 3.23. The number of nitrogens with zero attached hydrogens (tertiary/aromatic N) is 2. The van der Waals surface area contributed by atoms with E-state index in [2.05, 4.69) is 10.3 Å². The number of carbonyl (C=O) groups excluding carboxylic acids is 1. The zero-order valence-corrected chi connectivity index (χ0v) is 19.1. The molecular formula is C22H25N3O4S2. The Labute approximate surface area is 186 Å². The molecule has 4 rings (SSSR count). The van der Waals surface area contributed by atoms with Gasteiger partial charge in [-0.25, -0.2) is 13.4 Å². The minimum atomic E-state index is -3.63. The van der Waals surface area contributed by atoms with E-state index in [4.69, 9.17) is 4.74 Å². The lowest BCUT2D eigenvalue weighted by atomic mass is 10.2. The summed E-state index contributed by atoms with van der Waals surface area (Å²) in [5, 5.41) is 2.84. The molecule has 1 amide bonds. The molecule has 9 heteroatoms. The van der Waals surface area contributed by atoms with Crippen LogP contribution in [0.25, 0.3) is 10.2 Å². The molecule has 0 saturated carbocycles. The molecule has 7 nitrogen and oxygen atoms in total. The summed E-state index contributed by atoms with van der Waals surface area (Å²) in [5.74, 6) is 0.0937. The number of carbonyl (C=O) groups is 1. The number of hydrogen-bond acceptors (Lipinski definition) is 6. The van der Waals surface area contributed by atoms with Gasteiger partial charge in [0.15, 0.2) is 0 Å². The van der Waals surface area contributed by atoms with Gasteiger partial charge in [0.2, 0.25) is 10.0 Å². The van der Waals surface area contributed by atoms with E-state index < -0.39 is 10.0 Å². The molecule has 0 bridgehead atoms. The summed E-state index contributed by atoms with van der Waals surface area (Å²) in [4.78, 5) is 17.3. The van der Waals surface area contributed by atoms with Crippen molar-refractivity contribution in [2.45, 2.75) is 44.1 Å². The molecule has 3 aromatic rings. The number of rotatable bonds is 6. The first kappa shape index (κ1) is 21.7. The highest BCUT2D eigenvalue weighted by Gasteiger charge is 2.27. The number of nitrogens with one attached hydrogen (secondary N) is 1. The van der Waals surface area contributed by atoms with Crippen LogP contribution in [0.5, 0.6) is 5.75 Å². The smallest absolute Gasteiger partial charge is 0.255 e. The lowest BCUT2D eigenvalue weighted by Gasteiger charge is -2.26. The lowest BCUT2D eigenvalue weighted by Crippen LogP contribution is -2.35. The van der Waals surface area contributed by atoms with Crippen molar-refractivity contribution in [3.8, 4) is 5.75 Å². The minimum Gasteiger partial charge on any atom is -0.489 e. The molecule has 0 spiro atoms. The van der Waals surface area contributed by atoms with Crippen molar-refractivity contribution in [3.05, 3.63) is 47.5 Å². The van der Waals surface area contributed by atoms with Gasteiger partial charge in [0.05, 0.1) is 32.4 Å². The number of anilines is 1. The Morgan fingerprint density at radius 1 is 1.13 bits per heavy atom. The number of thiazole rings is 1. The van der Waals surface area contributed by atoms with Gasteiger partial charge in [-0.05, 0) is 63.1 Å². The number of amides is 1. The molecule has 0 aliphatic carbocycles. The van der Waals surface area contributed by atoms with Crippen LogP contribution in [0, 0.1) is 0 Å². The fraction of sp³-hybridized carbons (Fsp3) is 0.364. The van der Waals surface area contributed by atoms with Crippen molar-refractivity contribution in [2.75, 3.05) is 18.4 Å². The molecule has 0 radical (unpaired) electrons. The number of benzene rings is 2. The third kappa shape index (κ3) is 4.73. The second-order valence-corrected chi connectivity index (χ2v) is 10.6. The SMILES string of the molecule is CC(C)Oc1ccc(S(=O)(=O)N2CCCCC2)cc1NC(=O)c1ccc2ncsc2c1. The third-order valence-electron chi connectivity index (χ3n) is 5.11. The van der Waals surface area contributed by atoms with Gasteiger partial charge in [-0.2, -0.15) is 4.31 Å². The first-order valence-electron chi connectivity index (χ1n) is 10.3. The predicted octanol–water partition coefficient (Wildman–Crippen LogP) is 4.51. The van der Waals surface area contributed by atoms with Gasteiger partial charge in [-0.3, -0.25) is 4.79 Å². The van der Waals surface area contributed by atoms with E-state index in [0.717, 1.165) is 29.5 Å². The zero-order valence-electron chi connectivity index (χ0n) is 17.5. The summed E-state index contributed by atoms with van der Waals surface area (Å²) in [7, 11) is -3.63. The normalized spacial score (nSPS) is 15.3. The van der Waals surface area contributed by atoms with Crippen LogP contribution < -0.4 is 10.1 Å². The fourth-order valence-electron chi connectivity index (χ4n) is 3.57. The monoisotopic (exact) mass is 459 g/mol. The number of aromatic nitrogens is 1. The largest absolute Gasteiger partial charge is 0.489 e. The maximum atomic E-state index is 13.1. The summed E-state index contributed by atoms with van der Waals surface area (Å²) in [6.07, 6.45) is 2.63. The van der Waals surface area contributed by atoms with Gasteiger partial charge in [0, 0.05) is 18.7 Å². The average molecular weight is 460 g/mol. The van der Waals surface area contributed by atoms with Gasteiger partial charge in [0.25, 0.3) is 5.91 Å². The quantitative estimate of drug-likeness (QED) is 0.586. The molecule has 164 valence electrons. The van der Waals surface area contributed by atoms with Crippen molar-refractivity contribution >= 4 is 43.2 Å². The van der Waals surface area contributed by atoms with Crippen molar-refractivity contribution in [1.82, 2.24) is 9.29 Å². The Morgan fingerprint density at radius 3 is 2.65 bits per heavy atom. The van der Waals surface area contributed by atoms with Crippen LogP contribution in [-0.4, -0.2) is 42.8 Å². The van der Waals surface area contributed by atoms with E-state index in [1.165, 1.54) is 21.7 Å². The van der Waals surface area contributed by atoms with E-state index in [1.807, 2.05) is 13.8 Å². The Morgan fingerprint density at radius 2 is 1.90 bits per heavy atom. The first-order valence-corrected chi connectivity index (χ1v) is 12.6. The van der Waals surface area contributed by atoms with Crippen molar-refractivity contribution in [1.29, 1.82) is 0 Å². The van der Waals surface area contributed by atoms with E-state index in [1.54, 1.807) is 35.8 Å². The van der Waals surface area contributed by atoms with Gasteiger partial charge in [-0.15, -0.1) is 11.3 Å². The second-order valence-electron chi connectivity index (χ2n) is 7.78. The topological polar surface area (TPSA) is 88.6 Å². The van der Waals surface area contributed by atoms with Crippen LogP contribution in [0.4, 0.5) is 5.69 Å². The third-order valence-corrected chi connectivity index (χ3v) is 7.79. The standard InChI is InChI=1S/C22H25N3O4S2/c1-15(2)29-20-9-7-17(31(27,28)25-10-4-3-5-11-25)13-19(20)24-22(26)16-6-8-18-21(12-16)30-14-23-18/h6-9,12-15H,3-5,10-11H2,1-2H3,(H,24,26). The molecule has 1 aliphatic heterocycles. The summed E-state index contributed by atoms with van der Waals surface area (Å²) in [6.45, 7) is 4.79. The van der Waals surface area contributed by atoms with Crippen LogP contribution >= 0.6 is 11.3 Å². The molecule has 2 heterocycles. The van der Waals surface area contributed by atoms with Crippen molar-refractivity contribution in [2.24, 2.45) is 0 Å². The van der Waals surface area contributed by atoms with Crippen molar-refractivity contribution < 1.29 is 17.9 Å². The summed E-state index contributed by atoms with van der Waals surface area (Å²) < 4.78 is 34.5. The Balaban J connectivity index is 1.66. The molecule has 1 aromatic heterocycles. The molecule has 1 fully saturated rings. The van der Waals surface area contributed by atoms with Crippen LogP contribution in [0.3, 0.4) is 0 Å². The molecule has 0 unspecified atom stereocenters. The highest BCUT2D eigenvalue weighted by molar-refractivity contribution is 7.89. The lowest BCUT2D eigenvalue weighted by molar-refractivity contribution is 0.102. The molecule has 1 aliphatic rings. The van der Waals surface area contributed by atoms with Gasteiger partial charge >= 0.3 is 0 Å². The van der Waals surface area contributed by atoms with Crippen LogP contribution in [0.15, 0.2) is 46.8 Å². The number of hydrogen-bond donors (Lipinski definition) is 1. The van der Waals surface area contributed by atoms with Crippen molar-refractivity contribution in [3.63, 3.8) is 0 Å². The molecular weight excluding hydrogens is 434 g/mol. The molecule has 1 N–H and O–H groups in total. The van der Waals surface area contributed by atoms with E-state index >= 15 is 0 Å². The van der Waals surface area contributed by atoms with E-state index in [-0.39, 0.29) is 16.9 Å². The Hall–Kier alpha value is -2.49. The zero-order chi connectivity index (χ0) is 22.0. The Bertz CT molecular complexity index is 1200. The van der Waals surface area contributed by atoms with Gasteiger partial charge in [0.1, 0.15) is 5.75 Å². The highest BCUT2D eigenvalue weighted by Crippen LogP contribution is 2.31. The molecule has 31 heavy (non-hydrogen) atoms. The highest BCUT2D eigenvalue weighted by atomic mass is 32.2. The molecule has 2 aromatic carbocycles. The van der Waals surface area contributed by atoms with Gasteiger partial charge < -0.3 is 10.1 Å². The number of piperidine rings is 1. The maximum absolute atomic E-state index is 13.1. The van der Waals surface area contributed by atoms with Gasteiger partial charge in [-0.1, -0.05) is 6.42 Å². The number of ether oxygens (including phenoxy) is 1. The maximum Gasteiger partial charge on any atom is 0.255 e. The van der Waals surface area contributed by atoms with Crippen LogP contribution in [0.1, 0.15) is 43.5 Å². The fourth-order valence-corrected chi connectivity index (χ4v) is 5.83. The summed E-state index contributed by atoms with van der Waals surface area (Å²) in [6, 6.07) is 9.92. The molecule has 0 atom stereocenters. The van der Waals surface area contributed by atoms with E-state index in [0.29, 0.717) is 30.1 Å². The number of sulfonamides is 1. The summed E-state index contributed by atoms with van der Waals surface area (Å²) in [5.41, 5.74) is 3.37. The predicted molar refractivity (Wildman–Crippen MR) is 122 cm³/mol.